The van der Waals surface area contributed by atoms with Crippen molar-refractivity contribution in [2.24, 2.45) is 0 Å². The van der Waals surface area contributed by atoms with Crippen molar-refractivity contribution in [2.45, 2.75) is 24.6 Å². The van der Waals surface area contributed by atoms with Crippen LogP contribution in [0.5, 0.6) is 0 Å². The summed E-state index contributed by atoms with van der Waals surface area (Å²) in [6.07, 6.45) is -5.23. The van der Waals surface area contributed by atoms with Crippen LogP contribution in [0.25, 0.3) is 0 Å². The van der Waals surface area contributed by atoms with E-state index < -0.39 is 24.6 Å². The number of aliphatic hydroxyl groups is 4. The van der Waals surface area contributed by atoms with Gasteiger partial charge >= 0.3 is 0 Å². The molecule has 1 aliphatic rings. The molecule has 1 fully saturated rings. The zero-order valence-corrected chi connectivity index (χ0v) is 5.21. The van der Waals surface area contributed by atoms with Crippen LogP contribution in [0.2, 0.25) is 0 Å². The molecule has 1 heterocycles. The molecule has 1 aliphatic heterocycles. The third-order valence-corrected chi connectivity index (χ3v) is 1.47. The van der Waals surface area contributed by atoms with Gasteiger partial charge in [0.05, 0.1) is 6.61 Å². The second-order valence-corrected chi connectivity index (χ2v) is 2.27. The highest BCUT2D eigenvalue weighted by Gasteiger charge is 2.36. The lowest BCUT2D eigenvalue weighted by atomic mass is 10.8. The molecule has 0 radical (unpaired) electrons. The summed E-state index contributed by atoms with van der Waals surface area (Å²) in [4.78, 5) is 0. The lowest BCUT2D eigenvalue weighted by Gasteiger charge is -2.31. The van der Waals surface area contributed by atoms with Crippen molar-refractivity contribution in [1.29, 1.82) is 0 Å². The van der Waals surface area contributed by atoms with Crippen LogP contribution in [0, 0.1) is 0 Å². The minimum absolute atomic E-state index is 0.153. The van der Waals surface area contributed by atoms with Crippen LogP contribution < -0.4 is 0 Å². The zero-order valence-electron chi connectivity index (χ0n) is 5.21. The summed E-state index contributed by atoms with van der Waals surface area (Å²) in [7, 11) is 0. The average Bonchev–Trinajstić information content (AvgIpc) is 1.93. The second kappa shape index (κ2) is 2.81. The van der Waals surface area contributed by atoms with Gasteiger partial charge in [0.1, 0.15) is 18.3 Å². The molecule has 0 aromatic carbocycles. The monoisotopic (exact) mass is 154 g/mol. The van der Waals surface area contributed by atoms with E-state index in [0.717, 1.165) is 0 Å². The lowest BCUT2D eigenvalue weighted by Crippen LogP contribution is -2.52. The molecule has 0 aliphatic carbocycles. The van der Waals surface area contributed by atoms with Crippen molar-refractivity contribution in [2.75, 3.05) is 6.61 Å². The van der Waals surface area contributed by atoms with Crippen LogP contribution in [0.1, 0.15) is 0 Å². The Labute approximate surface area is 57.5 Å². The van der Waals surface area contributed by atoms with E-state index in [1.165, 1.54) is 0 Å². The molecule has 5 heteroatoms. The van der Waals surface area contributed by atoms with Crippen molar-refractivity contribution in [1.82, 2.24) is 0 Å². The fourth-order valence-corrected chi connectivity index (χ4v) is 0.791. The smallest absolute Gasteiger partial charge is 0.183 e. The molecule has 60 valence electrons. The molecule has 1 unspecified atom stereocenters. The van der Waals surface area contributed by atoms with E-state index in [4.69, 9.17) is 20.4 Å². The van der Waals surface area contributed by atoms with E-state index >= 15 is 0 Å². The first-order chi connectivity index (χ1) is 4.63. The maximum atomic E-state index is 8.88. The van der Waals surface area contributed by atoms with E-state index in [0.29, 0.717) is 0 Å². The summed E-state index contributed by atoms with van der Waals surface area (Å²) in [5, 5.41) is 35.3. The summed E-state index contributed by atoms with van der Waals surface area (Å²) in [5.74, 6) is 0. The Morgan fingerprint density at radius 2 is 1.60 bits per heavy atom. The first-order valence-electron chi connectivity index (χ1n) is 2.97. The summed E-state index contributed by atoms with van der Waals surface area (Å²) in [5.41, 5.74) is 0. The van der Waals surface area contributed by atoms with E-state index in [1.807, 2.05) is 0 Å². The van der Waals surface area contributed by atoms with Gasteiger partial charge in [-0.15, -0.1) is 0 Å². The molecule has 1 saturated heterocycles. The quantitative estimate of drug-likeness (QED) is 0.288. The van der Waals surface area contributed by atoms with Gasteiger partial charge in [0.15, 0.2) is 6.29 Å². The van der Waals surface area contributed by atoms with E-state index in [-0.39, 0.29) is 6.61 Å². The highest BCUT2D eigenvalue weighted by Crippen LogP contribution is 2.12. The number of hydrogen-bond donors (Lipinski definition) is 4. The Bertz CT molecular complexity index is 103. The van der Waals surface area contributed by atoms with E-state index in [9.17, 15) is 0 Å². The van der Waals surface area contributed by atoms with Gasteiger partial charge in [0.25, 0.3) is 0 Å². The Balaban J connectivity index is 2.52. The Hall–Kier alpha value is -0.200. The van der Waals surface area contributed by atoms with Crippen molar-refractivity contribution in [3.8, 4) is 0 Å². The molecular weight excluding hydrogens is 144 g/mol. The number of ether oxygens (including phenoxy) is 1. The Kier molecular flexibility index (Phi) is 2.22. The van der Waals surface area contributed by atoms with Gasteiger partial charge in [0, 0.05) is 0 Å². The first-order valence-corrected chi connectivity index (χ1v) is 2.97. The van der Waals surface area contributed by atoms with Crippen LogP contribution in [-0.4, -0.2) is 51.6 Å². The number of aliphatic hydroxyl groups excluding tert-OH is 4. The average molecular weight is 154 g/mol. The molecule has 1 rings (SSSR count). The van der Waals surface area contributed by atoms with Crippen molar-refractivity contribution < 1.29 is 25.2 Å². The van der Waals surface area contributed by atoms with Crippen LogP contribution in [0.4, 0.5) is 0 Å². The molecular formula is C5H10O5. The van der Waals surface area contributed by atoms with E-state index in [2.05, 4.69) is 4.74 Å². The Morgan fingerprint density at radius 1 is 1.00 bits per heavy atom. The summed E-state index contributed by atoms with van der Waals surface area (Å²) < 4.78 is 4.47. The van der Waals surface area contributed by atoms with Crippen molar-refractivity contribution >= 4 is 0 Å². The molecule has 0 aromatic heterocycles. The fourth-order valence-electron chi connectivity index (χ4n) is 0.791. The minimum atomic E-state index is -1.41. The van der Waals surface area contributed by atoms with Gasteiger partial charge in [-0.3, -0.25) is 0 Å². The maximum Gasteiger partial charge on any atom is 0.183 e. The molecule has 5 nitrogen and oxygen atoms in total. The standard InChI is InChI=1S/C5H10O5/c6-2-1-10-5(9)4(8)3(2)7/h2-9H,1H2/t2-,3-,4-,5?/m1/s1/i1+1,2+1,3+1,4+1. The molecule has 0 saturated carbocycles. The van der Waals surface area contributed by atoms with Gasteiger partial charge in [0.2, 0.25) is 0 Å². The van der Waals surface area contributed by atoms with Crippen LogP contribution >= 0.6 is 0 Å². The predicted octanol–water partition coefficient (Wildman–Crippen LogP) is -2.58. The SMILES string of the molecule is OC1O[13CH2][13C@@H](O)[13C@@H](O)[13C@H]1O. The topological polar surface area (TPSA) is 90.2 Å². The van der Waals surface area contributed by atoms with Gasteiger partial charge < -0.3 is 25.2 Å². The molecule has 0 bridgehead atoms. The minimum Gasteiger partial charge on any atom is -0.388 e. The maximum absolute atomic E-state index is 8.88. The van der Waals surface area contributed by atoms with Gasteiger partial charge in [-0.25, -0.2) is 0 Å². The number of rotatable bonds is 0. The van der Waals surface area contributed by atoms with Gasteiger partial charge in [-0.2, -0.15) is 0 Å². The zero-order chi connectivity index (χ0) is 7.72. The third kappa shape index (κ3) is 1.28. The number of hydrogen-bond acceptors (Lipinski definition) is 5. The van der Waals surface area contributed by atoms with Crippen LogP contribution in [0.3, 0.4) is 0 Å². The highest BCUT2D eigenvalue weighted by molar-refractivity contribution is 4.81. The second-order valence-electron chi connectivity index (χ2n) is 2.27. The third-order valence-electron chi connectivity index (χ3n) is 1.47. The van der Waals surface area contributed by atoms with Gasteiger partial charge in [-0.05, 0) is 0 Å². The molecule has 10 heavy (non-hydrogen) atoms. The largest absolute Gasteiger partial charge is 0.388 e. The molecule has 4 atom stereocenters. The fraction of sp³-hybridized carbons (Fsp3) is 1.00. The summed E-state index contributed by atoms with van der Waals surface area (Å²) in [6, 6.07) is 0. The summed E-state index contributed by atoms with van der Waals surface area (Å²) in [6.45, 7) is -0.153. The molecule has 0 aromatic rings. The lowest BCUT2D eigenvalue weighted by molar-refractivity contribution is -0.252. The molecule has 0 amide bonds. The van der Waals surface area contributed by atoms with Crippen molar-refractivity contribution in [3.05, 3.63) is 0 Å². The van der Waals surface area contributed by atoms with Gasteiger partial charge in [-0.1, -0.05) is 0 Å². The highest BCUT2D eigenvalue weighted by atomic mass is 16.7. The normalized spacial score (nSPS) is 49.2. The summed E-state index contributed by atoms with van der Waals surface area (Å²) >= 11 is 0. The predicted molar refractivity (Wildman–Crippen MR) is 30.0 cm³/mol. The first kappa shape index (κ1) is 7.90. The van der Waals surface area contributed by atoms with E-state index in [1.54, 1.807) is 0 Å². The van der Waals surface area contributed by atoms with Crippen LogP contribution in [0.15, 0.2) is 0 Å². The molecule has 4 N–H and O–H groups in total. The Morgan fingerprint density at radius 3 is 2.10 bits per heavy atom. The molecule has 0 spiro atoms. The van der Waals surface area contributed by atoms with Crippen molar-refractivity contribution in [3.63, 3.8) is 0 Å². The van der Waals surface area contributed by atoms with Crippen LogP contribution in [-0.2, 0) is 4.74 Å².